The summed E-state index contributed by atoms with van der Waals surface area (Å²) in [5.74, 6) is 3.30. The van der Waals surface area contributed by atoms with Crippen LogP contribution in [0.2, 0.25) is 0 Å². The third-order valence-corrected chi connectivity index (χ3v) is 5.72. The van der Waals surface area contributed by atoms with Crippen LogP contribution < -0.4 is 0 Å². The predicted molar refractivity (Wildman–Crippen MR) is 69.1 cm³/mol. The average Bonchev–Trinajstić information content (AvgIpc) is 2.73. The van der Waals surface area contributed by atoms with Gasteiger partial charge in [0.1, 0.15) is 0 Å². The molecule has 19 heavy (non-hydrogen) atoms. The van der Waals surface area contributed by atoms with Crippen molar-refractivity contribution in [2.75, 3.05) is 0 Å². The number of aliphatic hydroxyl groups excluding tert-OH is 1. The molecule has 0 aromatic carbocycles. The van der Waals surface area contributed by atoms with Gasteiger partial charge in [0.15, 0.2) is 5.82 Å². The SMILES string of the molecule is Cn1nnc(CC(O)C23CC4CC(CC(C4)C2)C3)n1. The quantitative estimate of drug-likeness (QED) is 0.892. The molecule has 4 aliphatic carbocycles. The molecule has 5 heteroatoms. The van der Waals surface area contributed by atoms with Crippen LogP contribution in [0.5, 0.6) is 0 Å². The zero-order chi connectivity index (χ0) is 13.0. The minimum Gasteiger partial charge on any atom is -0.392 e. The Morgan fingerprint density at radius 1 is 1.21 bits per heavy atom. The van der Waals surface area contributed by atoms with Crippen LogP contribution in [0.1, 0.15) is 44.3 Å². The van der Waals surface area contributed by atoms with Gasteiger partial charge in [0.25, 0.3) is 0 Å². The van der Waals surface area contributed by atoms with Gasteiger partial charge in [0.05, 0.1) is 13.2 Å². The van der Waals surface area contributed by atoms with Gasteiger partial charge in [0.2, 0.25) is 0 Å². The summed E-state index contributed by atoms with van der Waals surface area (Å²) >= 11 is 0. The topological polar surface area (TPSA) is 63.8 Å². The van der Waals surface area contributed by atoms with Crippen LogP contribution in [0.25, 0.3) is 0 Å². The third kappa shape index (κ3) is 1.90. The van der Waals surface area contributed by atoms with Crippen LogP contribution in [-0.4, -0.2) is 31.4 Å². The number of hydrogen-bond acceptors (Lipinski definition) is 4. The largest absolute Gasteiger partial charge is 0.392 e. The molecule has 0 amide bonds. The van der Waals surface area contributed by atoms with E-state index in [9.17, 15) is 5.11 Å². The molecule has 0 saturated heterocycles. The highest BCUT2D eigenvalue weighted by Crippen LogP contribution is 2.61. The molecule has 4 saturated carbocycles. The molecule has 1 aromatic rings. The van der Waals surface area contributed by atoms with E-state index in [4.69, 9.17) is 0 Å². The van der Waals surface area contributed by atoms with Gasteiger partial charge in [-0.05, 0) is 66.9 Å². The summed E-state index contributed by atoms with van der Waals surface area (Å²) in [6, 6.07) is 0. The highest BCUT2D eigenvalue weighted by atomic mass is 16.3. The summed E-state index contributed by atoms with van der Waals surface area (Å²) in [7, 11) is 1.77. The maximum Gasteiger partial charge on any atom is 0.177 e. The highest BCUT2D eigenvalue weighted by Gasteiger charge is 2.53. The number of aliphatic hydroxyl groups is 1. The lowest BCUT2D eigenvalue weighted by atomic mass is 9.48. The Bertz CT molecular complexity index is 448. The molecule has 4 fully saturated rings. The van der Waals surface area contributed by atoms with Gasteiger partial charge in [-0.1, -0.05) is 0 Å². The van der Waals surface area contributed by atoms with Crippen LogP contribution in [-0.2, 0) is 13.5 Å². The maximum absolute atomic E-state index is 10.8. The summed E-state index contributed by atoms with van der Waals surface area (Å²) in [5, 5.41) is 22.9. The third-order valence-electron chi connectivity index (χ3n) is 5.72. The molecule has 1 heterocycles. The van der Waals surface area contributed by atoms with E-state index in [1.807, 2.05) is 0 Å². The Labute approximate surface area is 113 Å². The molecule has 1 aromatic heterocycles. The van der Waals surface area contributed by atoms with Crippen molar-refractivity contribution in [1.82, 2.24) is 20.2 Å². The number of hydrogen-bond donors (Lipinski definition) is 1. The number of tetrazole rings is 1. The van der Waals surface area contributed by atoms with E-state index in [-0.39, 0.29) is 11.5 Å². The molecule has 1 atom stereocenters. The predicted octanol–water partition coefficient (Wildman–Crippen LogP) is 1.33. The van der Waals surface area contributed by atoms with E-state index >= 15 is 0 Å². The van der Waals surface area contributed by atoms with E-state index in [0.29, 0.717) is 12.2 Å². The summed E-state index contributed by atoms with van der Waals surface area (Å²) in [4.78, 5) is 1.47. The first kappa shape index (κ1) is 11.8. The van der Waals surface area contributed by atoms with Crippen molar-refractivity contribution in [3.8, 4) is 0 Å². The number of aryl methyl sites for hydroxylation is 1. The lowest BCUT2D eigenvalue weighted by Crippen LogP contribution is -2.52. The Kier molecular flexibility index (Phi) is 2.50. The fourth-order valence-corrected chi connectivity index (χ4v) is 5.38. The van der Waals surface area contributed by atoms with E-state index in [1.54, 1.807) is 7.05 Å². The van der Waals surface area contributed by atoms with Crippen molar-refractivity contribution < 1.29 is 5.11 Å². The second-order valence-electron chi connectivity index (χ2n) is 7.19. The molecule has 1 N–H and O–H groups in total. The van der Waals surface area contributed by atoms with Crippen molar-refractivity contribution in [3.05, 3.63) is 5.82 Å². The molecule has 0 spiro atoms. The first-order chi connectivity index (χ1) is 9.13. The zero-order valence-corrected chi connectivity index (χ0v) is 11.5. The summed E-state index contributed by atoms with van der Waals surface area (Å²) < 4.78 is 0. The molecule has 4 aliphatic rings. The average molecular weight is 262 g/mol. The minimum atomic E-state index is -0.287. The minimum absolute atomic E-state index is 0.161. The van der Waals surface area contributed by atoms with Gasteiger partial charge in [-0.25, -0.2) is 0 Å². The first-order valence-electron chi connectivity index (χ1n) is 7.54. The van der Waals surface area contributed by atoms with Gasteiger partial charge >= 0.3 is 0 Å². The second kappa shape index (κ2) is 4.01. The van der Waals surface area contributed by atoms with Crippen molar-refractivity contribution in [1.29, 1.82) is 0 Å². The fraction of sp³-hybridized carbons (Fsp3) is 0.929. The van der Waals surface area contributed by atoms with Gasteiger partial charge in [0, 0.05) is 6.42 Å². The Hall–Kier alpha value is -0.970. The summed E-state index contributed by atoms with van der Waals surface area (Å²) in [5.41, 5.74) is 0.161. The van der Waals surface area contributed by atoms with E-state index < -0.39 is 0 Å². The van der Waals surface area contributed by atoms with E-state index in [2.05, 4.69) is 15.4 Å². The molecular formula is C14H22N4O. The van der Waals surface area contributed by atoms with Crippen LogP contribution >= 0.6 is 0 Å². The van der Waals surface area contributed by atoms with E-state index in [1.165, 1.54) is 43.3 Å². The highest BCUT2D eigenvalue weighted by molar-refractivity contribution is 5.05. The van der Waals surface area contributed by atoms with Gasteiger partial charge in [-0.3, -0.25) is 0 Å². The van der Waals surface area contributed by atoms with Crippen molar-refractivity contribution in [3.63, 3.8) is 0 Å². The van der Waals surface area contributed by atoms with Gasteiger partial charge in [-0.2, -0.15) is 4.80 Å². The molecule has 0 radical (unpaired) electrons. The first-order valence-corrected chi connectivity index (χ1v) is 7.54. The zero-order valence-electron chi connectivity index (χ0n) is 11.5. The maximum atomic E-state index is 10.8. The summed E-state index contributed by atoms with van der Waals surface area (Å²) in [6.45, 7) is 0. The lowest BCUT2D eigenvalue weighted by molar-refractivity contribution is -0.120. The van der Waals surface area contributed by atoms with E-state index in [0.717, 1.165) is 17.8 Å². The number of nitrogens with zero attached hydrogens (tertiary/aromatic N) is 4. The van der Waals surface area contributed by atoms with Crippen molar-refractivity contribution >= 4 is 0 Å². The molecule has 104 valence electrons. The second-order valence-corrected chi connectivity index (χ2v) is 7.19. The number of aromatic nitrogens is 4. The number of rotatable bonds is 3. The monoisotopic (exact) mass is 262 g/mol. The molecular weight excluding hydrogens is 240 g/mol. The molecule has 1 unspecified atom stereocenters. The van der Waals surface area contributed by atoms with Crippen molar-refractivity contribution in [2.45, 2.75) is 51.0 Å². The van der Waals surface area contributed by atoms with Gasteiger partial charge in [-0.15, -0.1) is 10.2 Å². The van der Waals surface area contributed by atoms with Crippen LogP contribution in [0.3, 0.4) is 0 Å². The normalized spacial score (nSPS) is 41.7. The van der Waals surface area contributed by atoms with Crippen LogP contribution in [0, 0.1) is 23.2 Å². The smallest absolute Gasteiger partial charge is 0.177 e. The molecule has 4 bridgehead atoms. The van der Waals surface area contributed by atoms with Crippen LogP contribution in [0.4, 0.5) is 0 Å². The Morgan fingerprint density at radius 2 is 1.79 bits per heavy atom. The Balaban J connectivity index is 1.54. The van der Waals surface area contributed by atoms with Gasteiger partial charge < -0.3 is 5.11 Å². The van der Waals surface area contributed by atoms with Crippen molar-refractivity contribution in [2.24, 2.45) is 30.2 Å². The molecule has 5 rings (SSSR count). The fourth-order valence-electron chi connectivity index (χ4n) is 5.38. The molecule has 0 aliphatic heterocycles. The Morgan fingerprint density at radius 3 is 2.26 bits per heavy atom. The summed E-state index contributed by atoms with van der Waals surface area (Å²) in [6.07, 6.45) is 8.19. The van der Waals surface area contributed by atoms with Crippen LogP contribution in [0.15, 0.2) is 0 Å². The molecule has 5 nitrogen and oxygen atoms in total. The lowest BCUT2D eigenvalue weighted by Gasteiger charge is -2.58. The standard InChI is InChI=1S/C14H22N4O/c1-18-16-13(15-17-18)5-12(19)14-6-9-2-10(7-14)4-11(3-9)8-14/h9-12,19H,2-8H2,1H3.